The average molecular weight is 548 g/mol. The number of methoxy groups -OCH3 is 2. The molecule has 0 N–H and O–H groups in total. The molecule has 1 unspecified atom stereocenters. The van der Waals surface area contributed by atoms with Crippen molar-refractivity contribution in [3.8, 4) is 17.2 Å². The normalized spacial score (nSPS) is 14.5. The van der Waals surface area contributed by atoms with Crippen molar-refractivity contribution in [3.63, 3.8) is 0 Å². The monoisotopic (exact) mass is 547 g/mol. The van der Waals surface area contributed by atoms with Crippen molar-refractivity contribution in [1.82, 2.24) is 4.90 Å². The summed E-state index contributed by atoms with van der Waals surface area (Å²) in [5.74, 6) is 1.53. The number of carbonyl (C=O) groups excluding carboxylic acids is 1. The Morgan fingerprint density at radius 3 is 2.44 bits per heavy atom. The molecule has 0 saturated carbocycles. The Bertz CT molecular complexity index is 1560. The van der Waals surface area contributed by atoms with Crippen molar-refractivity contribution in [2.75, 3.05) is 20.8 Å². The predicted octanol–water partition coefficient (Wildman–Crippen LogP) is 6.78. The summed E-state index contributed by atoms with van der Waals surface area (Å²) in [6.07, 6.45) is 3.12. The van der Waals surface area contributed by atoms with Crippen LogP contribution >= 0.6 is 11.6 Å². The van der Waals surface area contributed by atoms with E-state index in [0.717, 1.165) is 24.8 Å². The summed E-state index contributed by atoms with van der Waals surface area (Å²) in [5.41, 5.74) is 1.90. The molecule has 3 aromatic carbocycles. The van der Waals surface area contributed by atoms with Gasteiger partial charge in [-0.25, -0.2) is 0 Å². The summed E-state index contributed by atoms with van der Waals surface area (Å²) in [7, 11) is 3.18. The van der Waals surface area contributed by atoms with Crippen LogP contribution in [0, 0.1) is 0 Å². The number of unbranched alkanes of at least 4 members (excludes halogenated alkanes) is 2. The Morgan fingerprint density at radius 2 is 1.72 bits per heavy atom. The van der Waals surface area contributed by atoms with Gasteiger partial charge in [0.1, 0.15) is 11.3 Å². The van der Waals surface area contributed by atoms with Gasteiger partial charge in [-0.1, -0.05) is 49.6 Å². The smallest absolute Gasteiger partial charge is 0.291 e. The fourth-order valence-corrected chi connectivity index (χ4v) is 5.11. The van der Waals surface area contributed by atoms with E-state index in [-0.39, 0.29) is 29.2 Å². The average Bonchev–Trinajstić information content (AvgIpc) is 3.23. The fourth-order valence-electron chi connectivity index (χ4n) is 4.94. The van der Waals surface area contributed by atoms with Gasteiger partial charge in [-0.2, -0.15) is 0 Å². The highest BCUT2D eigenvalue weighted by Gasteiger charge is 2.43. The molecule has 0 radical (unpaired) electrons. The standard InChI is InChI=1S/C31H30ClNO6/c1-4-5-6-15-38-25-13-9-20(16-26(25)37-3)28-27-29(34)23-17-21(32)10-14-24(23)39-30(27)31(35)33(28)18-19-7-11-22(36-2)12-8-19/h7-14,16-17,28H,4-6,15,18H2,1-3H3. The van der Waals surface area contributed by atoms with Crippen molar-refractivity contribution in [1.29, 1.82) is 0 Å². The molecule has 1 aromatic heterocycles. The highest BCUT2D eigenvalue weighted by atomic mass is 35.5. The summed E-state index contributed by atoms with van der Waals surface area (Å²) in [5, 5.41) is 0.741. The summed E-state index contributed by atoms with van der Waals surface area (Å²) in [6.45, 7) is 2.97. The van der Waals surface area contributed by atoms with E-state index in [1.54, 1.807) is 37.3 Å². The van der Waals surface area contributed by atoms with Gasteiger partial charge in [-0.3, -0.25) is 9.59 Å². The zero-order chi connectivity index (χ0) is 27.5. The Balaban J connectivity index is 1.61. The third kappa shape index (κ3) is 5.19. The highest BCUT2D eigenvalue weighted by Crippen LogP contribution is 2.42. The van der Waals surface area contributed by atoms with E-state index >= 15 is 0 Å². The quantitative estimate of drug-likeness (QED) is 0.204. The minimum Gasteiger partial charge on any atom is -0.497 e. The van der Waals surface area contributed by atoms with Gasteiger partial charge in [0.05, 0.1) is 37.8 Å². The van der Waals surface area contributed by atoms with Crippen molar-refractivity contribution in [2.24, 2.45) is 0 Å². The highest BCUT2D eigenvalue weighted by molar-refractivity contribution is 6.31. The van der Waals surface area contributed by atoms with Gasteiger partial charge in [0.2, 0.25) is 5.76 Å². The number of ether oxygens (including phenoxy) is 3. The molecule has 7 nitrogen and oxygen atoms in total. The van der Waals surface area contributed by atoms with Gasteiger partial charge < -0.3 is 23.5 Å². The van der Waals surface area contributed by atoms with E-state index in [0.29, 0.717) is 45.4 Å². The maximum atomic E-state index is 13.8. The van der Waals surface area contributed by atoms with Crippen molar-refractivity contribution in [2.45, 2.75) is 38.8 Å². The zero-order valence-electron chi connectivity index (χ0n) is 22.2. The van der Waals surface area contributed by atoms with Gasteiger partial charge in [0, 0.05) is 11.6 Å². The molecule has 1 amide bonds. The van der Waals surface area contributed by atoms with Gasteiger partial charge in [0.15, 0.2) is 16.9 Å². The summed E-state index contributed by atoms with van der Waals surface area (Å²) in [6, 6.07) is 17.1. The molecule has 202 valence electrons. The van der Waals surface area contributed by atoms with E-state index in [1.165, 1.54) is 0 Å². The van der Waals surface area contributed by atoms with Crippen molar-refractivity contribution in [3.05, 3.63) is 98.4 Å². The van der Waals surface area contributed by atoms with Crippen molar-refractivity contribution >= 4 is 28.5 Å². The minimum atomic E-state index is -0.697. The predicted molar refractivity (Wildman–Crippen MR) is 150 cm³/mol. The van der Waals surface area contributed by atoms with E-state index in [9.17, 15) is 9.59 Å². The second-order valence-corrected chi connectivity index (χ2v) is 9.90. The lowest BCUT2D eigenvalue weighted by Crippen LogP contribution is -2.29. The Hall–Kier alpha value is -3.97. The SMILES string of the molecule is CCCCCOc1ccc(C2c3c(oc4ccc(Cl)cc4c3=O)C(=O)N2Cc2ccc(OC)cc2)cc1OC. The number of nitrogens with zero attached hydrogens (tertiary/aromatic N) is 1. The lowest BCUT2D eigenvalue weighted by molar-refractivity contribution is 0.0714. The molecule has 8 heteroatoms. The first-order valence-electron chi connectivity index (χ1n) is 13.0. The molecule has 0 saturated heterocycles. The first kappa shape index (κ1) is 26.6. The largest absolute Gasteiger partial charge is 0.497 e. The zero-order valence-corrected chi connectivity index (χ0v) is 22.9. The molecule has 0 aliphatic carbocycles. The van der Waals surface area contributed by atoms with E-state index < -0.39 is 6.04 Å². The molecule has 5 rings (SSSR count). The third-order valence-electron chi connectivity index (χ3n) is 6.95. The maximum absolute atomic E-state index is 13.8. The lowest BCUT2D eigenvalue weighted by atomic mass is 9.97. The van der Waals surface area contributed by atoms with Crippen LogP contribution in [0.15, 0.2) is 69.9 Å². The molecule has 0 bridgehead atoms. The van der Waals surface area contributed by atoms with Crippen LogP contribution in [0.5, 0.6) is 17.2 Å². The molecular weight excluding hydrogens is 518 g/mol. The second-order valence-electron chi connectivity index (χ2n) is 9.46. The van der Waals surface area contributed by atoms with Crippen LogP contribution in [0.4, 0.5) is 0 Å². The number of hydrogen-bond donors (Lipinski definition) is 0. The van der Waals surface area contributed by atoms with Crippen LogP contribution < -0.4 is 19.6 Å². The van der Waals surface area contributed by atoms with Gasteiger partial charge in [0.25, 0.3) is 5.91 Å². The van der Waals surface area contributed by atoms with Crippen LogP contribution in [0.25, 0.3) is 11.0 Å². The number of hydrogen-bond acceptors (Lipinski definition) is 6. The first-order valence-corrected chi connectivity index (χ1v) is 13.3. The van der Waals surface area contributed by atoms with E-state index in [1.807, 2.05) is 42.5 Å². The molecule has 39 heavy (non-hydrogen) atoms. The van der Waals surface area contributed by atoms with Gasteiger partial charge in [-0.05, 0) is 60.0 Å². The summed E-state index contributed by atoms with van der Waals surface area (Å²) in [4.78, 5) is 29.3. The van der Waals surface area contributed by atoms with E-state index in [2.05, 4.69) is 6.92 Å². The van der Waals surface area contributed by atoms with Crippen LogP contribution in [0.1, 0.15) is 59.5 Å². The molecule has 1 aliphatic heterocycles. The van der Waals surface area contributed by atoms with Crippen LogP contribution in [0.3, 0.4) is 0 Å². The second kappa shape index (κ2) is 11.4. The molecule has 1 aliphatic rings. The number of halogens is 1. The first-order chi connectivity index (χ1) is 18.9. The Labute approximate surface area is 231 Å². The third-order valence-corrected chi connectivity index (χ3v) is 7.18. The summed E-state index contributed by atoms with van der Waals surface area (Å²) < 4.78 is 22.9. The van der Waals surface area contributed by atoms with Crippen LogP contribution in [-0.4, -0.2) is 31.6 Å². The number of fused-ring (bicyclic) bond motifs is 2. The summed E-state index contributed by atoms with van der Waals surface area (Å²) >= 11 is 6.20. The Morgan fingerprint density at radius 1 is 0.923 bits per heavy atom. The lowest BCUT2D eigenvalue weighted by Gasteiger charge is -2.26. The topological polar surface area (TPSA) is 78.2 Å². The maximum Gasteiger partial charge on any atom is 0.291 e. The molecule has 1 atom stereocenters. The van der Waals surface area contributed by atoms with Gasteiger partial charge in [-0.15, -0.1) is 0 Å². The minimum absolute atomic E-state index is 0.0344. The molecular formula is C31H30ClNO6. The van der Waals surface area contributed by atoms with E-state index in [4.69, 9.17) is 30.2 Å². The molecule has 4 aromatic rings. The molecule has 0 spiro atoms. The molecule has 0 fully saturated rings. The number of amides is 1. The van der Waals surface area contributed by atoms with Gasteiger partial charge >= 0.3 is 0 Å². The fraction of sp³-hybridized carbons (Fsp3) is 0.290. The van der Waals surface area contributed by atoms with Crippen LogP contribution in [-0.2, 0) is 6.54 Å². The van der Waals surface area contributed by atoms with Crippen LogP contribution in [0.2, 0.25) is 5.02 Å². The number of benzene rings is 3. The molecule has 2 heterocycles. The van der Waals surface area contributed by atoms with Crippen molar-refractivity contribution < 1.29 is 23.4 Å². The Kier molecular flexibility index (Phi) is 7.79. The number of rotatable bonds is 10. The number of carbonyl (C=O) groups is 1.